The van der Waals surface area contributed by atoms with E-state index in [2.05, 4.69) is 20.8 Å². The summed E-state index contributed by atoms with van der Waals surface area (Å²) in [7, 11) is 1.71. The second-order valence-corrected chi connectivity index (χ2v) is 4.22. The molecule has 100 valence electrons. The van der Waals surface area contributed by atoms with Gasteiger partial charge in [-0.2, -0.15) is 5.26 Å². The number of hydrogen-bond donors (Lipinski definition) is 2. The molecule has 1 amide bonds. The number of carbonyl (C=O) groups excluding carboxylic acids is 1. The number of amides is 1. The fraction of sp³-hybridized carbons (Fsp3) is 0.0769. The molecule has 1 aromatic carbocycles. The molecule has 0 bridgehead atoms. The van der Waals surface area contributed by atoms with Gasteiger partial charge in [-0.15, -0.1) is 10.2 Å². The van der Waals surface area contributed by atoms with Crippen LogP contribution in [-0.2, 0) is 0 Å². The van der Waals surface area contributed by atoms with E-state index in [-0.39, 0.29) is 10.7 Å². The van der Waals surface area contributed by atoms with Crippen LogP contribution in [0.3, 0.4) is 0 Å². The van der Waals surface area contributed by atoms with Crippen LogP contribution in [0.2, 0.25) is 5.02 Å². The van der Waals surface area contributed by atoms with Gasteiger partial charge in [0.25, 0.3) is 5.91 Å². The van der Waals surface area contributed by atoms with Crippen molar-refractivity contribution in [2.45, 2.75) is 0 Å². The molecule has 0 atom stereocenters. The van der Waals surface area contributed by atoms with Crippen LogP contribution in [0, 0.1) is 11.3 Å². The molecule has 0 saturated heterocycles. The summed E-state index contributed by atoms with van der Waals surface area (Å²) < 4.78 is 0. The summed E-state index contributed by atoms with van der Waals surface area (Å²) in [5.41, 5.74) is 1.02. The van der Waals surface area contributed by atoms with Crippen molar-refractivity contribution in [3.05, 3.63) is 46.6 Å². The lowest BCUT2D eigenvalue weighted by atomic mass is 10.2. The summed E-state index contributed by atoms with van der Waals surface area (Å²) in [5, 5.41) is 22.1. The van der Waals surface area contributed by atoms with Crippen LogP contribution in [0.5, 0.6) is 0 Å². The fourth-order valence-corrected chi connectivity index (χ4v) is 1.69. The topological polar surface area (TPSA) is 90.7 Å². The molecule has 20 heavy (non-hydrogen) atoms. The van der Waals surface area contributed by atoms with Gasteiger partial charge < -0.3 is 10.6 Å². The van der Waals surface area contributed by atoms with Crippen molar-refractivity contribution in [3.8, 4) is 6.07 Å². The second-order valence-electron chi connectivity index (χ2n) is 3.81. The lowest BCUT2D eigenvalue weighted by Gasteiger charge is -2.05. The van der Waals surface area contributed by atoms with Crippen molar-refractivity contribution in [2.24, 2.45) is 0 Å². The third-order valence-electron chi connectivity index (χ3n) is 2.50. The molecule has 2 aromatic rings. The Bertz CT molecular complexity index is 678. The van der Waals surface area contributed by atoms with Gasteiger partial charge in [0, 0.05) is 12.7 Å². The Kier molecular flexibility index (Phi) is 4.13. The predicted octanol–water partition coefficient (Wildman–Crippen LogP) is 2.30. The Hall–Kier alpha value is -2.65. The zero-order valence-corrected chi connectivity index (χ0v) is 11.3. The molecule has 6 nitrogen and oxygen atoms in total. The number of nitrogens with zero attached hydrogens (tertiary/aromatic N) is 3. The smallest absolute Gasteiger partial charge is 0.276 e. The van der Waals surface area contributed by atoms with Crippen LogP contribution in [0.25, 0.3) is 0 Å². The highest BCUT2D eigenvalue weighted by Gasteiger charge is 2.09. The second kappa shape index (κ2) is 5.99. The first-order valence-corrected chi connectivity index (χ1v) is 6.04. The number of carbonyl (C=O) groups is 1. The first-order chi connectivity index (χ1) is 9.63. The Morgan fingerprint density at radius 2 is 2.10 bits per heavy atom. The lowest BCUT2D eigenvalue weighted by Crippen LogP contribution is -2.14. The van der Waals surface area contributed by atoms with E-state index >= 15 is 0 Å². The number of anilines is 2. The summed E-state index contributed by atoms with van der Waals surface area (Å²) in [4.78, 5) is 11.9. The van der Waals surface area contributed by atoms with Crippen molar-refractivity contribution < 1.29 is 4.79 Å². The van der Waals surface area contributed by atoms with E-state index in [0.29, 0.717) is 17.1 Å². The molecule has 0 spiro atoms. The van der Waals surface area contributed by atoms with Crippen molar-refractivity contribution in [3.63, 3.8) is 0 Å². The van der Waals surface area contributed by atoms with Crippen LogP contribution in [0.4, 0.5) is 11.5 Å². The van der Waals surface area contributed by atoms with Crippen molar-refractivity contribution in [2.75, 3.05) is 17.7 Å². The molecule has 0 fully saturated rings. The number of nitriles is 1. The standard InChI is InChI=1S/C13H10ClN5O/c1-16-12-5-4-11(18-19-12)13(20)17-9-3-2-8(7-15)10(14)6-9/h2-6H,1H3,(H,16,19)(H,17,20). The van der Waals surface area contributed by atoms with Gasteiger partial charge in [-0.1, -0.05) is 11.6 Å². The van der Waals surface area contributed by atoms with Gasteiger partial charge >= 0.3 is 0 Å². The normalized spacial score (nSPS) is 9.65. The molecule has 2 rings (SSSR count). The van der Waals surface area contributed by atoms with E-state index in [0.717, 1.165) is 0 Å². The summed E-state index contributed by atoms with van der Waals surface area (Å²) in [6.07, 6.45) is 0. The average Bonchev–Trinajstić information content (AvgIpc) is 2.47. The Morgan fingerprint density at radius 1 is 1.30 bits per heavy atom. The molecule has 0 radical (unpaired) electrons. The molecule has 0 unspecified atom stereocenters. The van der Waals surface area contributed by atoms with Crippen LogP contribution in [0.1, 0.15) is 16.1 Å². The molecule has 2 N–H and O–H groups in total. The molecular weight excluding hydrogens is 278 g/mol. The number of benzene rings is 1. The molecule has 1 aromatic heterocycles. The van der Waals surface area contributed by atoms with Gasteiger partial charge in [0.05, 0.1) is 10.6 Å². The first kappa shape index (κ1) is 13.8. The molecule has 0 aliphatic rings. The van der Waals surface area contributed by atoms with Gasteiger partial charge in [0.1, 0.15) is 11.9 Å². The predicted molar refractivity (Wildman–Crippen MR) is 75.7 cm³/mol. The maximum atomic E-state index is 11.9. The molecule has 1 heterocycles. The minimum absolute atomic E-state index is 0.185. The van der Waals surface area contributed by atoms with Crippen molar-refractivity contribution in [1.82, 2.24) is 10.2 Å². The van der Waals surface area contributed by atoms with E-state index in [1.165, 1.54) is 12.1 Å². The van der Waals surface area contributed by atoms with Crippen LogP contribution >= 0.6 is 11.6 Å². The SMILES string of the molecule is CNc1ccc(C(=O)Nc2ccc(C#N)c(Cl)c2)nn1. The average molecular weight is 288 g/mol. The Labute approximate surface area is 120 Å². The number of halogens is 1. The third-order valence-corrected chi connectivity index (χ3v) is 2.81. The zero-order chi connectivity index (χ0) is 14.5. The van der Waals surface area contributed by atoms with Crippen molar-refractivity contribution >= 4 is 29.0 Å². The molecule has 0 aliphatic heterocycles. The van der Waals surface area contributed by atoms with Gasteiger partial charge in [0.2, 0.25) is 0 Å². The van der Waals surface area contributed by atoms with E-state index in [4.69, 9.17) is 16.9 Å². The Morgan fingerprint density at radius 3 is 2.65 bits per heavy atom. The highest BCUT2D eigenvalue weighted by Crippen LogP contribution is 2.20. The maximum absolute atomic E-state index is 11.9. The first-order valence-electron chi connectivity index (χ1n) is 5.66. The summed E-state index contributed by atoms with van der Waals surface area (Å²) in [6, 6.07) is 9.79. The van der Waals surface area contributed by atoms with E-state index in [1.807, 2.05) is 6.07 Å². The third kappa shape index (κ3) is 3.02. The van der Waals surface area contributed by atoms with Crippen molar-refractivity contribution in [1.29, 1.82) is 5.26 Å². The van der Waals surface area contributed by atoms with Crippen LogP contribution < -0.4 is 10.6 Å². The van der Waals surface area contributed by atoms with Gasteiger partial charge in [-0.3, -0.25) is 4.79 Å². The minimum Gasteiger partial charge on any atom is -0.372 e. The highest BCUT2D eigenvalue weighted by atomic mass is 35.5. The largest absolute Gasteiger partial charge is 0.372 e. The van der Waals surface area contributed by atoms with Gasteiger partial charge in [-0.05, 0) is 30.3 Å². The monoisotopic (exact) mass is 287 g/mol. The maximum Gasteiger partial charge on any atom is 0.276 e. The molecule has 0 saturated carbocycles. The van der Waals surface area contributed by atoms with Gasteiger partial charge in [-0.25, -0.2) is 0 Å². The molecule has 7 heteroatoms. The summed E-state index contributed by atoms with van der Waals surface area (Å²) >= 11 is 5.89. The highest BCUT2D eigenvalue weighted by molar-refractivity contribution is 6.32. The number of aromatic nitrogens is 2. The molecular formula is C13H10ClN5O. The van der Waals surface area contributed by atoms with Crippen LogP contribution in [0.15, 0.2) is 30.3 Å². The van der Waals surface area contributed by atoms with E-state index in [1.54, 1.807) is 25.2 Å². The van der Waals surface area contributed by atoms with Gasteiger partial charge in [0.15, 0.2) is 5.69 Å². The van der Waals surface area contributed by atoms with Crippen LogP contribution in [-0.4, -0.2) is 23.2 Å². The number of rotatable bonds is 3. The van der Waals surface area contributed by atoms with E-state index in [9.17, 15) is 4.79 Å². The molecule has 0 aliphatic carbocycles. The van der Waals surface area contributed by atoms with E-state index < -0.39 is 5.91 Å². The number of hydrogen-bond acceptors (Lipinski definition) is 5. The summed E-state index contributed by atoms with van der Waals surface area (Å²) in [6.45, 7) is 0. The number of nitrogens with one attached hydrogen (secondary N) is 2. The lowest BCUT2D eigenvalue weighted by molar-refractivity contribution is 0.102. The quantitative estimate of drug-likeness (QED) is 0.904. The summed E-state index contributed by atoms with van der Waals surface area (Å²) in [5.74, 6) is 0.170. The fourth-order valence-electron chi connectivity index (χ4n) is 1.47. The Balaban J connectivity index is 2.15. The minimum atomic E-state index is -0.402. The zero-order valence-electron chi connectivity index (χ0n) is 10.5.